The van der Waals surface area contributed by atoms with Crippen LogP contribution in [0.1, 0.15) is 6.92 Å². The minimum Gasteiger partial charge on any atom is -0.325 e. The third kappa shape index (κ3) is 6.34. The monoisotopic (exact) mass is 547 g/mol. The fraction of sp³-hybridized carbons (Fsp3) is 0.120. The summed E-state index contributed by atoms with van der Waals surface area (Å²) in [5, 5.41) is 17.8. The molecular weight excluding hydrogens is 527 g/mol. The van der Waals surface area contributed by atoms with Gasteiger partial charge in [-0.15, -0.1) is 16.4 Å². The highest BCUT2D eigenvalue weighted by Gasteiger charge is 2.20. The summed E-state index contributed by atoms with van der Waals surface area (Å²) in [4.78, 5) is 29.7. The van der Waals surface area contributed by atoms with Crippen molar-refractivity contribution in [3.05, 3.63) is 78.9 Å². The Morgan fingerprint density at radius 2 is 1.73 bits per heavy atom. The molecule has 2 heterocycles. The van der Waals surface area contributed by atoms with E-state index in [4.69, 9.17) is 0 Å². The Hall–Kier alpha value is -3.74. The molecule has 0 aliphatic carbocycles. The number of nitrogens with one attached hydrogen (secondary N) is 2. The van der Waals surface area contributed by atoms with Gasteiger partial charge in [0.2, 0.25) is 17.0 Å². The van der Waals surface area contributed by atoms with Crippen molar-refractivity contribution in [3.8, 4) is 5.69 Å². The molecule has 9 nitrogen and oxygen atoms in total. The Bertz CT molecular complexity index is 1520. The number of rotatable bonds is 9. The number of carbonyl (C=O) groups is 2. The molecule has 0 saturated heterocycles. The van der Waals surface area contributed by atoms with Crippen LogP contribution in [-0.4, -0.2) is 48.0 Å². The predicted molar refractivity (Wildman–Crippen MR) is 149 cm³/mol. The van der Waals surface area contributed by atoms with Crippen molar-refractivity contribution in [2.45, 2.75) is 21.7 Å². The number of carbonyl (C=O) groups excluding carboxylic acids is 2. The van der Waals surface area contributed by atoms with E-state index < -0.39 is 5.25 Å². The number of nitrogens with zero attached hydrogens (tertiary/aromatic N) is 5. The Morgan fingerprint density at radius 1 is 0.973 bits per heavy atom. The number of hydrogen-bond donors (Lipinski definition) is 2. The van der Waals surface area contributed by atoms with E-state index in [2.05, 4.69) is 31.1 Å². The molecule has 0 aliphatic rings. The van der Waals surface area contributed by atoms with Crippen LogP contribution < -0.4 is 10.6 Å². The Kier molecular flexibility index (Phi) is 7.78. The molecule has 2 N–H and O–H groups in total. The first-order chi connectivity index (χ1) is 18.0. The van der Waals surface area contributed by atoms with Crippen LogP contribution in [0.4, 0.5) is 11.4 Å². The summed E-state index contributed by atoms with van der Waals surface area (Å²) in [5.41, 5.74) is 3.08. The van der Waals surface area contributed by atoms with Crippen molar-refractivity contribution in [1.29, 1.82) is 0 Å². The van der Waals surface area contributed by atoms with E-state index in [1.165, 1.54) is 34.9 Å². The molecule has 37 heavy (non-hydrogen) atoms. The smallest absolute Gasteiger partial charge is 0.237 e. The minimum absolute atomic E-state index is 0.0896. The van der Waals surface area contributed by atoms with Gasteiger partial charge >= 0.3 is 0 Å². The number of thiazole rings is 1. The summed E-state index contributed by atoms with van der Waals surface area (Å²) < 4.78 is 3.33. The van der Waals surface area contributed by atoms with Gasteiger partial charge in [0.25, 0.3) is 0 Å². The first kappa shape index (κ1) is 24.9. The molecule has 186 valence electrons. The molecule has 0 radical (unpaired) electrons. The maximum atomic E-state index is 12.9. The average molecular weight is 548 g/mol. The number of tetrazole rings is 1. The number of amides is 2. The van der Waals surface area contributed by atoms with Crippen molar-refractivity contribution in [3.63, 3.8) is 0 Å². The normalized spacial score (nSPS) is 11.8. The molecule has 0 aliphatic heterocycles. The maximum absolute atomic E-state index is 12.9. The van der Waals surface area contributed by atoms with Gasteiger partial charge in [-0.1, -0.05) is 59.9 Å². The van der Waals surface area contributed by atoms with E-state index >= 15 is 0 Å². The molecular formula is C25H21N7O2S3. The van der Waals surface area contributed by atoms with E-state index in [0.717, 1.165) is 25.9 Å². The van der Waals surface area contributed by atoms with E-state index in [0.29, 0.717) is 10.8 Å². The number of aromatic nitrogens is 5. The molecule has 2 amide bonds. The summed E-state index contributed by atoms with van der Waals surface area (Å²) in [5.74, 6) is 0.00651. The Balaban J connectivity index is 1.18. The third-order valence-corrected chi connectivity index (χ3v) is 8.31. The standard InChI is InChI=1S/C25H21N7O2S3/c1-16(36-24-29-30-31-32(24)19-10-6-3-7-11-19)23(34)27-18-12-13-20-21(14-18)37-25(28-20)35-15-22(33)26-17-8-4-2-5-9-17/h2-14,16H,15H2,1H3,(H,26,33)(H,27,34)/t16-/m0/s1. The van der Waals surface area contributed by atoms with E-state index in [1.807, 2.05) is 85.8 Å². The molecule has 0 spiro atoms. The van der Waals surface area contributed by atoms with Gasteiger partial charge in [-0.3, -0.25) is 9.59 Å². The molecule has 0 saturated carbocycles. The lowest BCUT2D eigenvalue weighted by molar-refractivity contribution is -0.115. The van der Waals surface area contributed by atoms with Gasteiger partial charge in [-0.2, -0.15) is 4.68 Å². The molecule has 12 heteroatoms. The van der Waals surface area contributed by atoms with Gasteiger partial charge in [0.05, 0.1) is 26.9 Å². The average Bonchev–Trinajstić information content (AvgIpc) is 3.55. The number of fused-ring (bicyclic) bond motifs is 1. The van der Waals surface area contributed by atoms with E-state index in [1.54, 1.807) is 4.68 Å². The molecule has 0 fully saturated rings. The predicted octanol–water partition coefficient (Wildman–Crippen LogP) is 5.12. The third-order valence-electron chi connectivity index (χ3n) is 5.11. The summed E-state index contributed by atoms with van der Waals surface area (Å²) in [7, 11) is 0. The SMILES string of the molecule is C[C@H](Sc1nnnn1-c1ccccc1)C(=O)Nc1ccc2nc(SCC(=O)Nc3ccccc3)sc2c1. The van der Waals surface area contributed by atoms with Crippen LogP contribution in [-0.2, 0) is 9.59 Å². The summed E-state index contributed by atoms with van der Waals surface area (Å²) in [6.07, 6.45) is 0. The maximum Gasteiger partial charge on any atom is 0.237 e. The Morgan fingerprint density at radius 3 is 2.51 bits per heavy atom. The van der Waals surface area contributed by atoms with Crippen molar-refractivity contribution < 1.29 is 9.59 Å². The summed E-state index contributed by atoms with van der Waals surface area (Å²) >= 11 is 4.15. The van der Waals surface area contributed by atoms with Crippen LogP contribution in [0.15, 0.2) is 88.4 Å². The number of thioether (sulfide) groups is 2. The van der Waals surface area contributed by atoms with Crippen molar-refractivity contribution in [1.82, 2.24) is 25.2 Å². The van der Waals surface area contributed by atoms with Crippen LogP contribution in [0, 0.1) is 0 Å². The molecule has 0 bridgehead atoms. The molecule has 1 atom stereocenters. The highest BCUT2D eigenvalue weighted by molar-refractivity contribution is 8.01. The first-order valence-corrected chi connectivity index (χ1v) is 13.9. The van der Waals surface area contributed by atoms with E-state index in [9.17, 15) is 9.59 Å². The van der Waals surface area contributed by atoms with Crippen molar-refractivity contribution in [2.24, 2.45) is 0 Å². The van der Waals surface area contributed by atoms with Gasteiger partial charge in [0, 0.05) is 11.4 Å². The quantitative estimate of drug-likeness (QED) is 0.244. The van der Waals surface area contributed by atoms with Crippen LogP contribution in [0.5, 0.6) is 0 Å². The molecule has 5 aromatic rings. The molecule has 2 aromatic heterocycles. The summed E-state index contributed by atoms with van der Waals surface area (Å²) in [6.45, 7) is 1.81. The number of para-hydroxylation sites is 2. The lowest BCUT2D eigenvalue weighted by atomic mass is 10.3. The number of benzene rings is 3. The van der Waals surface area contributed by atoms with Gasteiger partial charge in [-0.05, 0) is 59.8 Å². The van der Waals surface area contributed by atoms with Gasteiger partial charge in [0.1, 0.15) is 0 Å². The fourth-order valence-corrected chi connectivity index (χ4v) is 6.04. The van der Waals surface area contributed by atoms with Gasteiger partial charge in [0.15, 0.2) is 4.34 Å². The topological polar surface area (TPSA) is 115 Å². The Labute approximate surface area is 225 Å². The second-order valence-electron chi connectivity index (χ2n) is 7.82. The molecule has 3 aromatic carbocycles. The second-order valence-corrected chi connectivity index (χ2v) is 11.4. The zero-order chi connectivity index (χ0) is 25.6. The lowest BCUT2D eigenvalue weighted by Crippen LogP contribution is -2.22. The highest BCUT2D eigenvalue weighted by Crippen LogP contribution is 2.32. The zero-order valence-electron chi connectivity index (χ0n) is 19.6. The molecule has 0 unspecified atom stereocenters. The fourth-order valence-electron chi connectivity index (χ4n) is 3.33. The summed E-state index contributed by atoms with van der Waals surface area (Å²) in [6, 6.07) is 24.5. The van der Waals surface area contributed by atoms with Gasteiger partial charge < -0.3 is 10.6 Å². The zero-order valence-corrected chi connectivity index (χ0v) is 22.0. The van der Waals surface area contributed by atoms with Crippen LogP contribution in [0.2, 0.25) is 0 Å². The lowest BCUT2D eigenvalue weighted by Gasteiger charge is -2.11. The molecule has 5 rings (SSSR count). The van der Waals surface area contributed by atoms with Gasteiger partial charge in [-0.25, -0.2) is 4.98 Å². The van der Waals surface area contributed by atoms with Crippen LogP contribution in [0.25, 0.3) is 15.9 Å². The van der Waals surface area contributed by atoms with Crippen LogP contribution in [0.3, 0.4) is 0 Å². The van der Waals surface area contributed by atoms with Crippen molar-refractivity contribution in [2.75, 3.05) is 16.4 Å². The number of hydrogen-bond acceptors (Lipinski definition) is 9. The minimum atomic E-state index is -0.431. The largest absolute Gasteiger partial charge is 0.325 e. The first-order valence-electron chi connectivity index (χ1n) is 11.2. The van der Waals surface area contributed by atoms with E-state index in [-0.39, 0.29) is 17.6 Å². The number of anilines is 2. The second kappa shape index (κ2) is 11.5. The van der Waals surface area contributed by atoms with Crippen LogP contribution >= 0.6 is 34.9 Å². The highest BCUT2D eigenvalue weighted by atomic mass is 32.2. The van der Waals surface area contributed by atoms with Crippen molar-refractivity contribution >= 4 is 68.3 Å².